The maximum atomic E-state index is 13.6. The van der Waals surface area contributed by atoms with E-state index in [2.05, 4.69) is 4.98 Å². The average molecular weight is 539 g/mol. The molecule has 200 valence electrons. The number of nitrogens with one attached hydrogen (secondary N) is 1. The van der Waals surface area contributed by atoms with Crippen molar-refractivity contribution in [3.05, 3.63) is 86.5 Å². The summed E-state index contributed by atoms with van der Waals surface area (Å²) in [7, 11) is 1.54. The number of pyridine rings is 1. The minimum absolute atomic E-state index is 0.0215. The molecule has 0 bridgehead atoms. The predicted molar refractivity (Wildman–Crippen MR) is 144 cm³/mol. The molecule has 0 radical (unpaired) electrons. The molecule has 3 aromatic carbocycles. The highest BCUT2D eigenvalue weighted by Crippen LogP contribution is 2.45. The van der Waals surface area contributed by atoms with E-state index in [1.807, 2.05) is 0 Å². The Kier molecular flexibility index (Phi) is 5.31. The fourth-order valence-electron chi connectivity index (χ4n) is 5.39. The van der Waals surface area contributed by atoms with Crippen LogP contribution in [0.2, 0.25) is 0 Å². The quantitative estimate of drug-likeness (QED) is 0.255. The molecule has 0 unspecified atom stereocenters. The summed E-state index contributed by atoms with van der Waals surface area (Å²) in [5.41, 5.74) is 1.08. The van der Waals surface area contributed by atoms with Crippen LogP contribution in [-0.4, -0.2) is 36.4 Å². The first-order chi connectivity index (χ1) is 19.4. The van der Waals surface area contributed by atoms with E-state index in [0.29, 0.717) is 52.5 Å². The lowest BCUT2D eigenvalue weighted by atomic mass is 9.85. The van der Waals surface area contributed by atoms with Crippen LogP contribution in [0.4, 0.5) is 0 Å². The molecule has 2 N–H and O–H groups in total. The maximum absolute atomic E-state index is 13.6. The third kappa shape index (κ3) is 3.68. The lowest BCUT2D eigenvalue weighted by Gasteiger charge is -2.26. The molecule has 0 fully saturated rings. The number of hydrogen-bond acceptors (Lipinski definition) is 9. The summed E-state index contributed by atoms with van der Waals surface area (Å²) in [6, 6.07) is 13.2. The zero-order valence-corrected chi connectivity index (χ0v) is 21.1. The SMILES string of the molecule is COc1ccc(-c2coc3c4c(cc(O)c3c2=O)OC(=O)C[C@H]4c2cc3cc4c(cc3[nH]c2=O)OCCO4)cc1. The van der Waals surface area contributed by atoms with Crippen LogP contribution in [0.5, 0.6) is 28.7 Å². The number of ether oxygens (including phenoxy) is 4. The summed E-state index contributed by atoms with van der Waals surface area (Å²) in [5.74, 6) is -0.0745. The number of rotatable bonds is 3. The van der Waals surface area contributed by atoms with E-state index in [1.54, 1.807) is 49.6 Å². The summed E-state index contributed by atoms with van der Waals surface area (Å²) >= 11 is 0. The van der Waals surface area contributed by atoms with E-state index in [4.69, 9.17) is 23.4 Å². The normalized spacial score (nSPS) is 16.0. The van der Waals surface area contributed by atoms with Gasteiger partial charge in [0.25, 0.3) is 5.56 Å². The lowest BCUT2D eigenvalue weighted by molar-refractivity contribution is -0.135. The van der Waals surface area contributed by atoms with Crippen molar-refractivity contribution in [2.45, 2.75) is 12.3 Å². The fraction of sp³-hybridized carbons (Fsp3) is 0.167. The van der Waals surface area contributed by atoms with E-state index in [9.17, 15) is 19.5 Å². The van der Waals surface area contributed by atoms with Gasteiger partial charge < -0.3 is 33.5 Å². The van der Waals surface area contributed by atoms with Crippen molar-refractivity contribution >= 4 is 27.8 Å². The highest BCUT2D eigenvalue weighted by atomic mass is 16.6. The van der Waals surface area contributed by atoms with Crippen LogP contribution in [0.3, 0.4) is 0 Å². The van der Waals surface area contributed by atoms with E-state index < -0.39 is 28.6 Å². The molecule has 0 spiro atoms. The molecule has 40 heavy (non-hydrogen) atoms. The number of esters is 1. The maximum Gasteiger partial charge on any atom is 0.312 e. The first-order valence-electron chi connectivity index (χ1n) is 12.5. The number of carbonyl (C=O) groups excluding carboxylic acids is 1. The summed E-state index contributed by atoms with van der Waals surface area (Å²) in [6.45, 7) is 0.816. The molecule has 0 amide bonds. The van der Waals surface area contributed by atoms with Gasteiger partial charge in [-0.3, -0.25) is 14.4 Å². The van der Waals surface area contributed by atoms with Crippen molar-refractivity contribution in [1.29, 1.82) is 0 Å². The summed E-state index contributed by atoms with van der Waals surface area (Å²) in [6.07, 6.45) is 1.13. The number of phenolic OH excluding ortho intramolecular Hbond substituents is 1. The predicted octanol–water partition coefficient (Wildman–Crippen LogP) is 4.23. The largest absolute Gasteiger partial charge is 0.507 e. The Morgan fingerprint density at radius 3 is 2.45 bits per heavy atom. The van der Waals surface area contributed by atoms with Crippen molar-refractivity contribution in [1.82, 2.24) is 4.98 Å². The molecule has 1 atom stereocenters. The van der Waals surface area contributed by atoms with Gasteiger partial charge >= 0.3 is 5.97 Å². The Morgan fingerprint density at radius 1 is 0.950 bits per heavy atom. The van der Waals surface area contributed by atoms with Crippen molar-refractivity contribution < 1.29 is 33.3 Å². The number of benzene rings is 3. The van der Waals surface area contributed by atoms with Crippen molar-refractivity contribution in [3.8, 4) is 39.9 Å². The molecular weight excluding hydrogens is 518 g/mol. The second-order valence-corrected chi connectivity index (χ2v) is 9.59. The minimum Gasteiger partial charge on any atom is -0.507 e. The molecule has 10 heteroatoms. The summed E-state index contributed by atoms with van der Waals surface area (Å²) in [4.78, 5) is 42.5. The number of fused-ring (bicyclic) bond motifs is 5. The molecule has 0 saturated carbocycles. The van der Waals surface area contributed by atoms with Crippen molar-refractivity contribution in [2.75, 3.05) is 20.3 Å². The lowest BCUT2D eigenvalue weighted by Crippen LogP contribution is -2.26. The van der Waals surface area contributed by atoms with Gasteiger partial charge in [-0.05, 0) is 29.8 Å². The first kappa shape index (κ1) is 23.8. The average Bonchev–Trinajstić information content (AvgIpc) is 2.95. The summed E-state index contributed by atoms with van der Waals surface area (Å²) < 4.78 is 27.9. The van der Waals surface area contributed by atoms with Crippen LogP contribution < -0.4 is 29.9 Å². The van der Waals surface area contributed by atoms with Gasteiger partial charge in [0.2, 0.25) is 5.43 Å². The molecule has 5 aromatic rings. The fourth-order valence-corrected chi connectivity index (χ4v) is 5.39. The van der Waals surface area contributed by atoms with Gasteiger partial charge in [-0.1, -0.05) is 12.1 Å². The van der Waals surface area contributed by atoms with E-state index in [0.717, 1.165) is 0 Å². The molecule has 0 aliphatic carbocycles. The molecule has 7 rings (SSSR count). The first-order valence-corrected chi connectivity index (χ1v) is 12.5. The molecule has 4 heterocycles. The second-order valence-electron chi connectivity index (χ2n) is 9.59. The Bertz CT molecular complexity index is 1970. The highest BCUT2D eigenvalue weighted by Gasteiger charge is 2.35. The summed E-state index contributed by atoms with van der Waals surface area (Å²) in [5, 5.41) is 11.4. The van der Waals surface area contributed by atoms with Crippen molar-refractivity contribution in [2.24, 2.45) is 0 Å². The molecule has 2 aliphatic heterocycles. The van der Waals surface area contributed by atoms with Crippen LogP contribution in [0.15, 0.2) is 68.8 Å². The molecule has 2 aliphatic rings. The monoisotopic (exact) mass is 539 g/mol. The van der Waals surface area contributed by atoms with Gasteiger partial charge in [0.05, 0.1) is 24.6 Å². The zero-order valence-electron chi connectivity index (χ0n) is 21.1. The van der Waals surface area contributed by atoms with E-state index >= 15 is 0 Å². The second kappa shape index (κ2) is 8.91. The Balaban J connectivity index is 1.43. The van der Waals surface area contributed by atoms with Gasteiger partial charge in [-0.25, -0.2) is 0 Å². The number of phenols is 1. The number of aromatic nitrogens is 1. The Labute approximate surface area is 225 Å². The van der Waals surface area contributed by atoms with Gasteiger partial charge in [0, 0.05) is 34.6 Å². The highest BCUT2D eigenvalue weighted by molar-refractivity contribution is 5.94. The van der Waals surface area contributed by atoms with Gasteiger partial charge in [-0.15, -0.1) is 0 Å². The number of H-pyrrole nitrogens is 1. The van der Waals surface area contributed by atoms with Crippen molar-refractivity contribution in [3.63, 3.8) is 0 Å². The Morgan fingerprint density at radius 2 is 1.70 bits per heavy atom. The van der Waals surface area contributed by atoms with Gasteiger partial charge in [-0.2, -0.15) is 0 Å². The Hall–Kier alpha value is -5.25. The number of hydrogen-bond donors (Lipinski definition) is 2. The minimum atomic E-state index is -0.810. The van der Waals surface area contributed by atoms with Crippen LogP contribution in [0, 0.1) is 0 Å². The van der Waals surface area contributed by atoms with Crippen LogP contribution in [-0.2, 0) is 4.79 Å². The molecule has 10 nitrogen and oxygen atoms in total. The zero-order chi connectivity index (χ0) is 27.5. The number of carbonyl (C=O) groups is 1. The third-order valence-electron chi connectivity index (χ3n) is 7.28. The smallest absolute Gasteiger partial charge is 0.312 e. The van der Waals surface area contributed by atoms with Crippen LogP contribution in [0.1, 0.15) is 23.5 Å². The topological polar surface area (TPSA) is 137 Å². The van der Waals surface area contributed by atoms with Gasteiger partial charge in [0.15, 0.2) is 11.5 Å². The number of aromatic hydroxyl groups is 1. The van der Waals surface area contributed by atoms with E-state index in [1.165, 1.54) is 12.3 Å². The number of aromatic amines is 1. The molecule has 2 aromatic heterocycles. The van der Waals surface area contributed by atoms with Gasteiger partial charge in [0.1, 0.15) is 47.7 Å². The molecular formula is C30H21NO9. The third-order valence-corrected chi connectivity index (χ3v) is 7.28. The van der Waals surface area contributed by atoms with Crippen LogP contribution >= 0.6 is 0 Å². The van der Waals surface area contributed by atoms with Crippen LogP contribution in [0.25, 0.3) is 33.0 Å². The number of methoxy groups -OCH3 is 1. The molecule has 0 saturated heterocycles. The standard InChI is InChI=1S/C30H21NO9/c1-36-16-4-2-14(3-5-16)19-13-39-29-26-17(10-25(33)40-24(26)12-21(32)27(29)28(19)34)18-8-15-9-22-23(38-7-6-37-22)11-20(15)31-30(18)35/h2-5,8-9,11-13,17,32H,6-7,10H2,1H3,(H,31,35)/t17-/m0/s1. The van der Waals surface area contributed by atoms with E-state index in [-0.39, 0.29) is 34.3 Å².